The molecule has 11 heteroatoms. The molecule has 4 aliphatic carbocycles. The van der Waals surface area contributed by atoms with E-state index in [2.05, 4.69) is 6.92 Å². The fraction of sp³-hybridized carbons (Fsp3) is 0.579. The molecule has 5 aliphatic rings. The smallest absolute Gasteiger partial charge is 0.164 e. The Kier molecular flexibility index (Phi) is 14.4. The van der Waals surface area contributed by atoms with Gasteiger partial charge in [-0.15, -0.1) is 0 Å². The van der Waals surface area contributed by atoms with E-state index in [-0.39, 0.29) is 58.0 Å². The van der Waals surface area contributed by atoms with E-state index in [4.69, 9.17) is 26.7 Å². The van der Waals surface area contributed by atoms with Crippen LogP contribution in [-0.4, -0.2) is 46.8 Å². The number of nitrogens with two attached hydrogens (primary N) is 3. The lowest BCUT2D eigenvalue weighted by molar-refractivity contribution is -0.173. The first-order chi connectivity index (χ1) is 32.5. The van der Waals surface area contributed by atoms with Crippen molar-refractivity contribution in [2.45, 2.75) is 188 Å². The van der Waals surface area contributed by atoms with Gasteiger partial charge in [0.05, 0.1) is 0 Å². The Morgan fingerprint density at radius 3 is 1.04 bits per heavy atom. The molecule has 0 bridgehead atoms. The minimum Gasteiger partial charge on any atom is -0.377 e. The van der Waals surface area contributed by atoms with Gasteiger partial charge in [-0.25, -0.2) is 17.6 Å². The molecule has 68 heavy (non-hydrogen) atoms. The predicted molar refractivity (Wildman–Crippen MR) is 258 cm³/mol. The number of hydrogen-bond acceptors (Lipinski definition) is 7. The third kappa shape index (κ3) is 9.59. The summed E-state index contributed by atoms with van der Waals surface area (Å²) in [6, 6.07) is 18.6. The van der Waals surface area contributed by atoms with Gasteiger partial charge >= 0.3 is 0 Å². The Balaban J connectivity index is 1.20. The lowest BCUT2D eigenvalue weighted by atomic mass is 9.70. The lowest BCUT2D eigenvalue weighted by Gasteiger charge is -2.43. The molecule has 4 aromatic carbocycles. The quantitative estimate of drug-likeness (QED) is 0.0945. The number of benzene rings is 4. The Hall–Kier alpha value is -3.68. The summed E-state index contributed by atoms with van der Waals surface area (Å²) in [6.07, 6.45) is 9.76. The fourth-order valence-electron chi connectivity index (χ4n) is 12.9. The molecule has 4 saturated carbocycles. The lowest BCUT2D eigenvalue weighted by Crippen LogP contribution is -2.56. The van der Waals surface area contributed by atoms with Crippen molar-refractivity contribution in [1.29, 1.82) is 0 Å². The van der Waals surface area contributed by atoms with Crippen molar-refractivity contribution in [3.05, 3.63) is 141 Å². The first-order valence-corrected chi connectivity index (χ1v) is 25.7. The van der Waals surface area contributed by atoms with Gasteiger partial charge in [0.15, 0.2) is 5.79 Å². The predicted octanol–water partition coefficient (Wildman–Crippen LogP) is 11.4. The van der Waals surface area contributed by atoms with Gasteiger partial charge in [-0.3, -0.25) is 0 Å². The summed E-state index contributed by atoms with van der Waals surface area (Å²) in [5, 5.41) is 27.5. The first kappa shape index (κ1) is 49.3. The van der Waals surface area contributed by atoms with E-state index in [9.17, 15) is 10.2 Å². The van der Waals surface area contributed by atoms with E-state index in [0.29, 0.717) is 18.4 Å². The molecule has 1 saturated heterocycles. The Morgan fingerprint density at radius 2 is 0.765 bits per heavy atom. The highest BCUT2D eigenvalue weighted by Crippen LogP contribution is 2.53. The molecule has 7 nitrogen and oxygen atoms in total. The van der Waals surface area contributed by atoms with Crippen LogP contribution in [0, 0.1) is 35.1 Å². The molecular weight excluding hydrogens is 867 g/mol. The van der Waals surface area contributed by atoms with Crippen LogP contribution in [0.5, 0.6) is 0 Å². The van der Waals surface area contributed by atoms with Crippen molar-refractivity contribution in [2.24, 2.45) is 29.0 Å². The van der Waals surface area contributed by atoms with Crippen LogP contribution in [0.4, 0.5) is 17.6 Å². The van der Waals surface area contributed by atoms with Crippen molar-refractivity contribution < 1.29 is 37.2 Å². The standard InChI is InChI=1S/C57H73F4N3O4/c1-33-4-8-35(9-5-33)39-16-24-45(49(58)28-39)56(65,46-25-17-40(29-50(46)59)36-10-6-34(32-62)7-11-36)53-54(68-55(2,3)67-53)57(66,47-26-18-41(30-51(47)60)37-12-20-43(63)21-13-37)48-27-19-42(31-52(48)61)38-14-22-44(64)23-15-38/h16-19,24-31,33-38,43-44,53-54,65-66H,4-15,20-23,32,62-64H2,1-3H3/t33?,34?,35?,36?,37?,38?,43?,44?,53-,54-,56?,57?/m1/s1. The maximum absolute atomic E-state index is 17.4. The Morgan fingerprint density at radius 1 is 0.485 bits per heavy atom. The molecule has 0 aromatic heterocycles. The highest BCUT2D eigenvalue weighted by Gasteiger charge is 2.63. The average molecular weight is 940 g/mol. The van der Waals surface area contributed by atoms with Crippen LogP contribution in [0.1, 0.15) is 192 Å². The molecule has 0 radical (unpaired) electrons. The van der Waals surface area contributed by atoms with Crippen LogP contribution in [0.15, 0.2) is 72.8 Å². The van der Waals surface area contributed by atoms with Crippen molar-refractivity contribution in [2.75, 3.05) is 6.54 Å². The van der Waals surface area contributed by atoms with Gasteiger partial charge in [0, 0.05) is 34.3 Å². The van der Waals surface area contributed by atoms with Crippen molar-refractivity contribution >= 4 is 0 Å². The summed E-state index contributed by atoms with van der Waals surface area (Å²) >= 11 is 0. The molecular formula is C57H73F4N3O4. The zero-order chi connectivity index (χ0) is 48.1. The number of hydrogen-bond donors (Lipinski definition) is 5. The SMILES string of the molecule is CC1CCC(c2ccc(C(O)(c3ccc(C4CCC(CN)CC4)cc3F)[C@@H]3OC(C)(C)O[C@H]3C(O)(c3ccc(C4CCC(N)CC4)cc3F)c3ccc(C4CCC(N)CC4)cc3F)c(F)c2)CC1. The second kappa shape index (κ2) is 19.8. The number of ether oxygens (including phenoxy) is 2. The highest BCUT2D eigenvalue weighted by atomic mass is 19.1. The van der Waals surface area contributed by atoms with Gasteiger partial charge in [-0.2, -0.15) is 0 Å². The van der Waals surface area contributed by atoms with E-state index in [1.807, 2.05) is 0 Å². The van der Waals surface area contributed by atoms with Gasteiger partial charge in [0.25, 0.3) is 0 Å². The molecule has 1 unspecified atom stereocenters. The highest BCUT2D eigenvalue weighted by molar-refractivity contribution is 5.48. The summed E-state index contributed by atoms with van der Waals surface area (Å²) in [4.78, 5) is 0. The second-order valence-corrected chi connectivity index (χ2v) is 22.1. The summed E-state index contributed by atoms with van der Waals surface area (Å²) in [5.74, 6) is -3.71. The molecule has 9 rings (SSSR count). The minimum atomic E-state index is -2.73. The fourth-order valence-corrected chi connectivity index (χ4v) is 12.9. The Labute approximate surface area is 400 Å². The second-order valence-electron chi connectivity index (χ2n) is 22.1. The van der Waals surface area contributed by atoms with Crippen molar-refractivity contribution in [3.63, 3.8) is 0 Å². The third-order valence-electron chi connectivity index (χ3n) is 17.2. The zero-order valence-electron chi connectivity index (χ0n) is 40.2. The van der Waals surface area contributed by atoms with Gasteiger partial charge in [0.2, 0.25) is 0 Å². The van der Waals surface area contributed by atoms with Gasteiger partial charge in [0.1, 0.15) is 46.7 Å². The summed E-state index contributed by atoms with van der Waals surface area (Å²) in [6.45, 7) is 5.93. The molecule has 4 aromatic rings. The van der Waals surface area contributed by atoms with Crippen LogP contribution in [0.2, 0.25) is 0 Å². The van der Waals surface area contributed by atoms with Gasteiger partial charge < -0.3 is 36.9 Å². The molecule has 0 spiro atoms. The molecule has 0 amide bonds. The number of aliphatic hydroxyl groups is 2. The van der Waals surface area contributed by atoms with Gasteiger partial charge in [-0.1, -0.05) is 68.3 Å². The number of rotatable bonds is 11. The molecule has 3 atom stereocenters. The van der Waals surface area contributed by atoms with Crippen LogP contribution < -0.4 is 17.2 Å². The van der Waals surface area contributed by atoms with E-state index in [1.165, 1.54) is 48.5 Å². The molecule has 368 valence electrons. The maximum atomic E-state index is 17.4. The maximum Gasteiger partial charge on any atom is 0.164 e. The zero-order valence-corrected chi connectivity index (χ0v) is 40.2. The molecule has 5 fully saturated rings. The summed E-state index contributed by atoms with van der Waals surface area (Å²) in [5.41, 5.74) is 14.7. The van der Waals surface area contributed by atoms with E-state index >= 15 is 17.6 Å². The topological polar surface area (TPSA) is 137 Å². The Bertz CT molecular complexity index is 2330. The minimum absolute atomic E-state index is 0.0264. The largest absolute Gasteiger partial charge is 0.377 e. The normalized spacial score (nSPS) is 31.8. The van der Waals surface area contributed by atoms with Crippen molar-refractivity contribution in [1.82, 2.24) is 0 Å². The van der Waals surface area contributed by atoms with E-state index in [0.717, 1.165) is 125 Å². The first-order valence-electron chi connectivity index (χ1n) is 25.7. The van der Waals surface area contributed by atoms with Gasteiger partial charge in [-0.05, 0) is 192 Å². The van der Waals surface area contributed by atoms with Crippen LogP contribution >= 0.6 is 0 Å². The summed E-state index contributed by atoms with van der Waals surface area (Å²) < 4.78 is 82.8. The summed E-state index contributed by atoms with van der Waals surface area (Å²) in [7, 11) is 0. The van der Waals surface area contributed by atoms with Crippen LogP contribution in [0.3, 0.4) is 0 Å². The third-order valence-corrected chi connectivity index (χ3v) is 17.2. The van der Waals surface area contributed by atoms with Crippen molar-refractivity contribution in [3.8, 4) is 0 Å². The molecule has 1 heterocycles. The monoisotopic (exact) mass is 940 g/mol. The van der Waals surface area contributed by atoms with Crippen LogP contribution in [0.25, 0.3) is 0 Å². The van der Waals surface area contributed by atoms with E-state index < -0.39 is 52.5 Å². The van der Waals surface area contributed by atoms with Crippen LogP contribution in [-0.2, 0) is 20.7 Å². The average Bonchev–Trinajstić information content (AvgIpc) is 3.67. The number of halogens is 4. The van der Waals surface area contributed by atoms with E-state index in [1.54, 1.807) is 38.1 Å². The molecule has 8 N–H and O–H groups in total. The molecule has 1 aliphatic heterocycles.